The molecule has 0 radical (unpaired) electrons. The van der Waals surface area contributed by atoms with E-state index in [2.05, 4.69) is 25.3 Å². The number of aromatic amines is 1. The second-order valence-electron chi connectivity index (χ2n) is 9.74. The number of halogens is 2. The summed E-state index contributed by atoms with van der Waals surface area (Å²) in [6.07, 6.45) is 3.39. The Hall–Kier alpha value is -4.58. The van der Waals surface area contributed by atoms with Crippen LogP contribution in [0.25, 0.3) is 31.8 Å². The molecule has 9 nitrogen and oxygen atoms in total. The number of ether oxygens (including phenoxy) is 2. The number of methoxy groups -OCH3 is 1. The minimum absolute atomic E-state index is 0.0245. The van der Waals surface area contributed by atoms with Crippen molar-refractivity contribution in [2.45, 2.75) is 13.5 Å². The molecule has 6 rings (SSSR count). The van der Waals surface area contributed by atoms with Gasteiger partial charge in [-0.25, -0.2) is 9.37 Å². The van der Waals surface area contributed by atoms with Crippen molar-refractivity contribution in [3.05, 3.63) is 89.5 Å². The van der Waals surface area contributed by atoms with Gasteiger partial charge in [-0.15, -0.1) is 11.3 Å². The number of amides is 1. The Bertz CT molecular complexity index is 1930. The molecule has 0 atom stereocenters. The summed E-state index contributed by atoms with van der Waals surface area (Å²) in [4.78, 5) is 31.2. The van der Waals surface area contributed by atoms with Crippen LogP contribution in [0.4, 0.5) is 16.0 Å². The van der Waals surface area contributed by atoms with Crippen LogP contribution >= 0.6 is 22.9 Å². The van der Waals surface area contributed by atoms with Gasteiger partial charge in [0.2, 0.25) is 11.9 Å². The van der Waals surface area contributed by atoms with E-state index in [4.69, 9.17) is 21.1 Å². The Labute approximate surface area is 255 Å². The van der Waals surface area contributed by atoms with Gasteiger partial charge >= 0.3 is 0 Å². The van der Waals surface area contributed by atoms with E-state index >= 15 is 4.39 Å². The summed E-state index contributed by atoms with van der Waals surface area (Å²) in [5.41, 5.74) is 4.42. The topological polar surface area (TPSA) is 105 Å². The summed E-state index contributed by atoms with van der Waals surface area (Å²) in [5.74, 6) is 0.477. The highest BCUT2D eigenvalue weighted by Gasteiger charge is 2.15. The molecule has 2 aromatic carbocycles. The summed E-state index contributed by atoms with van der Waals surface area (Å²) in [5, 5.41) is 3.68. The van der Waals surface area contributed by atoms with E-state index < -0.39 is 5.82 Å². The molecule has 4 aromatic heterocycles. The van der Waals surface area contributed by atoms with Crippen LogP contribution in [-0.4, -0.2) is 51.0 Å². The fourth-order valence-corrected chi connectivity index (χ4v) is 5.73. The SMILES string of the molecule is COCCN(Cc1ccc(-c2cc3nccc(Oc4ccc(Nc5nc6ccc(Cl)cc6[nH]5)cc4F)c3s2)nc1)C(C)=O. The van der Waals surface area contributed by atoms with E-state index in [0.717, 1.165) is 37.4 Å². The number of hydrogen-bond donors (Lipinski definition) is 2. The molecule has 2 N–H and O–H groups in total. The zero-order valence-electron chi connectivity index (χ0n) is 23.2. The van der Waals surface area contributed by atoms with Gasteiger partial charge < -0.3 is 24.7 Å². The lowest BCUT2D eigenvalue weighted by molar-refractivity contribution is -0.130. The van der Waals surface area contributed by atoms with Crippen LogP contribution < -0.4 is 10.1 Å². The second kappa shape index (κ2) is 12.3. The van der Waals surface area contributed by atoms with Gasteiger partial charge in [-0.2, -0.15) is 0 Å². The van der Waals surface area contributed by atoms with E-state index in [1.165, 1.54) is 24.3 Å². The molecular weight excluding hydrogens is 591 g/mol. The van der Waals surface area contributed by atoms with Crippen molar-refractivity contribution in [1.82, 2.24) is 24.8 Å². The Kier molecular flexibility index (Phi) is 8.19. The van der Waals surface area contributed by atoms with Gasteiger partial charge in [0.05, 0.1) is 38.4 Å². The zero-order valence-corrected chi connectivity index (χ0v) is 24.8. The van der Waals surface area contributed by atoms with Crippen LogP contribution in [0.3, 0.4) is 0 Å². The fraction of sp³-hybridized carbons (Fsp3) is 0.161. The smallest absolute Gasteiger partial charge is 0.219 e. The summed E-state index contributed by atoms with van der Waals surface area (Å²) >= 11 is 7.51. The molecule has 0 saturated heterocycles. The number of rotatable bonds is 10. The lowest BCUT2D eigenvalue weighted by Gasteiger charge is -2.20. The van der Waals surface area contributed by atoms with Crippen LogP contribution in [0, 0.1) is 5.82 Å². The Morgan fingerprint density at radius 3 is 2.72 bits per heavy atom. The van der Waals surface area contributed by atoms with Crippen molar-refractivity contribution in [2.75, 3.05) is 25.6 Å². The number of nitrogens with zero attached hydrogens (tertiary/aromatic N) is 4. The standard InChI is InChI=1S/C31H26ClFN6O3S/c1-18(40)39(11-12-41-2)17-19-3-6-24(35-16-19)29-15-26-30(43-29)28(9-10-34-26)42-27-8-5-21(14-22(27)33)36-31-37-23-7-4-20(32)13-25(23)38-31/h3-10,13-16H,11-12,17H2,1-2H3,(H2,36,37,38). The highest BCUT2D eigenvalue weighted by Crippen LogP contribution is 2.39. The number of fused-ring (bicyclic) bond motifs is 2. The van der Waals surface area contributed by atoms with Crippen molar-refractivity contribution in [3.63, 3.8) is 0 Å². The molecule has 0 spiro atoms. The largest absolute Gasteiger partial charge is 0.453 e. The van der Waals surface area contributed by atoms with Crippen molar-refractivity contribution in [3.8, 4) is 22.1 Å². The van der Waals surface area contributed by atoms with E-state index in [1.54, 1.807) is 54.7 Å². The predicted octanol–water partition coefficient (Wildman–Crippen LogP) is 7.56. The normalized spacial score (nSPS) is 11.3. The van der Waals surface area contributed by atoms with E-state index in [0.29, 0.717) is 42.1 Å². The van der Waals surface area contributed by atoms with E-state index in [9.17, 15) is 4.79 Å². The monoisotopic (exact) mass is 616 g/mol. The van der Waals surface area contributed by atoms with E-state index in [1.807, 2.05) is 24.3 Å². The molecule has 0 saturated carbocycles. The Balaban J connectivity index is 1.18. The third-order valence-corrected chi connectivity index (χ3v) is 8.09. The molecule has 12 heteroatoms. The number of anilines is 2. The number of pyridine rings is 2. The van der Waals surface area contributed by atoms with Gasteiger partial charge in [-0.1, -0.05) is 17.7 Å². The van der Waals surface area contributed by atoms with Gasteiger partial charge in [-0.3, -0.25) is 14.8 Å². The molecule has 1 amide bonds. The summed E-state index contributed by atoms with van der Waals surface area (Å²) in [7, 11) is 1.61. The average molecular weight is 617 g/mol. The fourth-order valence-electron chi connectivity index (χ4n) is 4.51. The summed E-state index contributed by atoms with van der Waals surface area (Å²) < 4.78 is 27.0. The van der Waals surface area contributed by atoms with E-state index in [-0.39, 0.29) is 11.7 Å². The number of carbonyl (C=O) groups is 1. The minimum Gasteiger partial charge on any atom is -0.453 e. The van der Waals surface area contributed by atoms with Crippen LogP contribution in [0.5, 0.6) is 11.5 Å². The first-order valence-corrected chi connectivity index (χ1v) is 14.5. The van der Waals surface area contributed by atoms with Gasteiger partial charge in [0, 0.05) is 62.4 Å². The summed E-state index contributed by atoms with van der Waals surface area (Å²) in [6.45, 7) is 2.96. The Morgan fingerprint density at radius 2 is 1.95 bits per heavy atom. The number of carbonyl (C=O) groups excluding carboxylic acids is 1. The van der Waals surface area contributed by atoms with Crippen molar-refractivity contribution >= 4 is 61.7 Å². The quantitative estimate of drug-likeness (QED) is 0.164. The molecule has 0 unspecified atom stereocenters. The molecule has 218 valence electrons. The third kappa shape index (κ3) is 6.43. The number of aromatic nitrogens is 4. The number of H-pyrrole nitrogens is 1. The molecule has 43 heavy (non-hydrogen) atoms. The third-order valence-electron chi connectivity index (χ3n) is 6.70. The maximum absolute atomic E-state index is 15.1. The average Bonchev–Trinajstić information content (AvgIpc) is 3.61. The molecule has 4 heterocycles. The van der Waals surface area contributed by atoms with Crippen LogP contribution in [0.15, 0.2) is 73.1 Å². The molecule has 0 fully saturated rings. The number of benzene rings is 2. The first-order chi connectivity index (χ1) is 20.9. The second-order valence-corrected chi connectivity index (χ2v) is 11.2. The maximum atomic E-state index is 15.1. The molecule has 0 aliphatic carbocycles. The first kappa shape index (κ1) is 28.5. The number of hydrogen-bond acceptors (Lipinski definition) is 8. The summed E-state index contributed by atoms with van der Waals surface area (Å²) in [6, 6.07) is 17.5. The lowest BCUT2D eigenvalue weighted by atomic mass is 10.2. The Morgan fingerprint density at radius 1 is 1.07 bits per heavy atom. The van der Waals surface area contributed by atoms with Gasteiger partial charge in [0.25, 0.3) is 0 Å². The molecule has 6 aromatic rings. The van der Waals surface area contributed by atoms with Gasteiger partial charge in [0.15, 0.2) is 11.6 Å². The minimum atomic E-state index is -0.534. The number of nitrogens with one attached hydrogen (secondary N) is 2. The van der Waals surface area contributed by atoms with Crippen molar-refractivity contribution < 1.29 is 18.7 Å². The maximum Gasteiger partial charge on any atom is 0.219 e. The molecular formula is C31H26ClFN6O3S. The number of thiophene rings is 1. The number of imidazole rings is 1. The predicted molar refractivity (Wildman–Crippen MR) is 167 cm³/mol. The zero-order chi connectivity index (χ0) is 29.9. The highest BCUT2D eigenvalue weighted by molar-refractivity contribution is 7.22. The van der Waals surface area contributed by atoms with Crippen LogP contribution in [-0.2, 0) is 16.1 Å². The highest BCUT2D eigenvalue weighted by atomic mass is 35.5. The molecule has 0 aliphatic rings. The van der Waals surface area contributed by atoms with Crippen molar-refractivity contribution in [2.24, 2.45) is 0 Å². The molecule has 0 aliphatic heterocycles. The van der Waals surface area contributed by atoms with Gasteiger partial charge in [0.1, 0.15) is 5.75 Å². The molecule has 0 bridgehead atoms. The lowest BCUT2D eigenvalue weighted by Crippen LogP contribution is -2.31. The first-order valence-electron chi connectivity index (χ1n) is 13.3. The van der Waals surface area contributed by atoms with Crippen molar-refractivity contribution in [1.29, 1.82) is 0 Å². The van der Waals surface area contributed by atoms with Crippen LogP contribution in [0.2, 0.25) is 5.02 Å². The van der Waals surface area contributed by atoms with Gasteiger partial charge in [-0.05, 0) is 48.0 Å². The van der Waals surface area contributed by atoms with Crippen LogP contribution in [0.1, 0.15) is 12.5 Å².